The van der Waals surface area contributed by atoms with Crippen molar-refractivity contribution in [2.24, 2.45) is 0 Å². The number of aromatic nitrogens is 3. The molecule has 0 saturated heterocycles. The summed E-state index contributed by atoms with van der Waals surface area (Å²) in [6, 6.07) is 11.9. The highest BCUT2D eigenvalue weighted by molar-refractivity contribution is 7.17. The predicted molar refractivity (Wildman–Crippen MR) is 124 cm³/mol. The summed E-state index contributed by atoms with van der Waals surface area (Å²) in [7, 11) is 0. The van der Waals surface area contributed by atoms with Crippen LogP contribution in [0.3, 0.4) is 0 Å². The first-order valence-electron chi connectivity index (χ1n) is 10.4. The molecule has 162 valence electrons. The third-order valence-corrected chi connectivity index (χ3v) is 6.26. The van der Waals surface area contributed by atoms with Crippen LogP contribution in [-0.2, 0) is 10.2 Å². The molecule has 31 heavy (non-hydrogen) atoms. The van der Waals surface area contributed by atoms with Gasteiger partial charge in [-0.05, 0) is 79.3 Å². The lowest BCUT2D eigenvalue weighted by Crippen LogP contribution is -2.26. The first kappa shape index (κ1) is 21.3. The number of ether oxygens (including phenoxy) is 2. The molecule has 0 unspecified atom stereocenters. The van der Waals surface area contributed by atoms with E-state index < -0.39 is 11.8 Å². The lowest BCUT2D eigenvalue weighted by Gasteiger charge is -2.24. The summed E-state index contributed by atoms with van der Waals surface area (Å²) >= 11 is 1.67. The number of benzene rings is 2. The molecule has 0 amide bonds. The Labute approximate surface area is 185 Å². The zero-order valence-corrected chi connectivity index (χ0v) is 19.5. The summed E-state index contributed by atoms with van der Waals surface area (Å²) < 4.78 is 12.1. The van der Waals surface area contributed by atoms with Gasteiger partial charge in [-0.3, -0.25) is 0 Å². The fourth-order valence-electron chi connectivity index (χ4n) is 3.23. The maximum atomic E-state index is 12.4. The molecule has 0 aliphatic heterocycles. The molecule has 2 heterocycles. The van der Waals surface area contributed by atoms with Gasteiger partial charge in [-0.2, -0.15) is 0 Å². The summed E-state index contributed by atoms with van der Waals surface area (Å²) in [6.07, 6.45) is 0.206. The molecule has 0 N–H and O–H groups in total. The highest BCUT2D eigenvalue weighted by Gasteiger charge is 2.24. The molecule has 0 aliphatic rings. The van der Waals surface area contributed by atoms with Gasteiger partial charge < -0.3 is 9.47 Å². The fraction of sp³-hybridized carbons (Fsp3) is 0.375. The monoisotopic (exact) mass is 437 g/mol. The molecule has 0 bridgehead atoms. The van der Waals surface area contributed by atoms with E-state index in [-0.39, 0.29) is 5.41 Å². The number of fused-ring (bicyclic) bond motifs is 2. The van der Waals surface area contributed by atoms with Gasteiger partial charge in [0.25, 0.3) is 0 Å². The Kier molecular flexibility index (Phi) is 5.25. The molecule has 6 nitrogen and oxygen atoms in total. The van der Waals surface area contributed by atoms with Crippen molar-refractivity contribution >= 4 is 38.6 Å². The number of carbonyl (C=O) groups is 1. The van der Waals surface area contributed by atoms with Crippen molar-refractivity contribution in [3.05, 3.63) is 47.3 Å². The number of carbonyl (C=O) groups excluding carboxylic acids is 1. The van der Waals surface area contributed by atoms with Crippen molar-refractivity contribution in [3.8, 4) is 11.4 Å². The van der Waals surface area contributed by atoms with Crippen LogP contribution in [0.1, 0.15) is 53.5 Å². The second-order valence-corrected chi connectivity index (χ2v) is 10.2. The molecule has 7 heteroatoms. The number of nitrogens with zero attached hydrogens (tertiary/aromatic N) is 3. The van der Waals surface area contributed by atoms with Crippen LogP contribution in [0.15, 0.2) is 41.8 Å². The van der Waals surface area contributed by atoms with Crippen LogP contribution >= 0.6 is 11.3 Å². The molecule has 0 spiro atoms. The standard InChI is InChI=1S/C24H27N3O3S/c1-7-24(5,6)16-8-9-20(29-22(28)30-23(2,3)4)19(13-16)27-25-17-12-15-10-11-31-21(15)14-18(17)26-27/h8-14H,7H2,1-6H3. The molecular weight excluding hydrogens is 410 g/mol. The van der Waals surface area contributed by atoms with Crippen LogP contribution in [0.5, 0.6) is 5.75 Å². The van der Waals surface area contributed by atoms with Crippen molar-refractivity contribution in [3.63, 3.8) is 0 Å². The van der Waals surface area contributed by atoms with Gasteiger partial charge in [-0.25, -0.2) is 4.79 Å². The summed E-state index contributed by atoms with van der Waals surface area (Å²) in [5.74, 6) is 0.354. The average Bonchev–Trinajstić information content (AvgIpc) is 3.30. The van der Waals surface area contributed by atoms with E-state index in [1.54, 1.807) is 43.0 Å². The molecule has 0 fully saturated rings. The molecular formula is C24H27N3O3S. The SMILES string of the molecule is CCC(C)(C)c1ccc(OC(=O)OC(C)(C)C)c(-n2nc3cc4ccsc4cc3n2)c1. The topological polar surface area (TPSA) is 66.2 Å². The molecule has 2 aromatic carbocycles. The number of hydrogen-bond donors (Lipinski definition) is 0. The van der Waals surface area contributed by atoms with Crippen LogP contribution in [-0.4, -0.2) is 26.8 Å². The highest BCUT2D eigenvalue weighted by atomic mass is 32.1. The van der Waals surface area contributed by atoms with Gasteiger partial charge in [0, 0.05) is 4.70 Å². The van der Waals surface area contributed by atoms with Crippen LogP contribution < -0.4 is 4.74 Å². The van der Waals surface area contributed by atoms with E-state index in [9.17, 15) is 4.79 Å². The van der Waals surface area contributed by atoms with Crippen LogP contribution in [0, 0.1) is 0 Å². The number of thiophene rings is 1. The van der Waals surface area contributed by atoms with Gasteiger partial charge in [0.2, 0.25) is 0 Å². The van der Waals surface area contributed by atoms with Crippen molar-refractivity contribution in [1.29, 1.82) is 0 Å². The summed E-state index contributed by atoms with van der Waals surface area (Å²) in [5, 5.41) is 12.6. The predicted octanol–water partition coefficient (Wildman–Crippen LogP) is 6.64. The van der Waals surface area contributed by atoms with E-state index in [0.29, 0.717) is 11.4 Å². The minimum atomic E-state index is -0.756. The Hall–Kier alpha value is -2.93. The Balaban J connectivity index is 1.81. The lowest BCUT2D eigenvalue weighted by atomic mass is 9.82. The molecule has 0 atom stereocenters. The maximum Gasteiger partial charge on any atom is 0.514 e. The van der Waals surface area contributed by atoms with Gasteiger partial charge in [-0.15, -0.1) is 26.3 Å². The van der Waals surface area contributed by atoms with Gasteiger partial charge in [0.05, 0.1) is 0 Å². The Bertz CT molecular complexity index is 1220. The van der Waals surface area contributed by atoms with E-state index in [0.717, 1.165) is 33.1 Å². The quantitative estimate of drug-likeness (QED) is 0.265. The first-order chi connectivity index (χ1) is 14.6. The Morgan fingerprint density at radius 3 is 2.42 bits per heavy atom. The summed E-state index contributed by atoms with van der Waals surface area (Å²) in [5.41, 5.74) is 2.60. The van der Waals surface area contributed by atoms with Crippen LogP contribution in [0.2, 0.25) is 0 Å². The van der Waals surface area contributed by atoms with Gasteiger partial charge in [0.15, 0.2) is 5.75 Å². The van der Waals surface area contributed by atoms with Crippen molar-refractivity contribution in [1.82, 2.24) is 15.0 Å². The van der Waals surface area contributed by atoms with Gasteiger partial charge >= 0.3 is 6.16 Å². The Morgan fingerprint density at radius 2 is 1.74 bits per heavy atom. The summed E-state index contributed by atoms with van der Waals surface area (Å²) in [4.78, 5) is 13.9. The van der Waals surface area contributed by atoms with Crippen molar-refractivity contribution in [2.45, 2.75) is 59.0 Å². The van der Waals surface area contributed by atoms with E-state index in [1.807, 2.05) is 24.3 Å². The average molecular weight is 438 g/mol. The highest BCUT2D eigenvalue weighted by Crippen LogP contribution is 2.33. The molecule has 4 rings (SSSR count). The minimum absolute atomic E-state index is 0.0472. The van der Waals surface area contributed by atoms with Gasteiger partial charge in [-0.1, -0.05) is 26.8 Å². The second kappa shape index (κ2) is 7.64. The lowest BCUT2D eigenvalue weighted by molar-refractivity contribution is 0.0205. The zero-order chi connectivity index (χ0) is 22.4. The van der Waals surface area contributed by atoms with Crippen LogP contribution in [0.4, 0.5) is 4.79 Å². The van der Waals surface area contributed by atoms with Crippen LogP contribution in [0.25, 0.3) is 26.8 Å². The second-order valence-electron chi connectivity index (χ2n) is 9.28. The molecule has 0 aliphatic carbocycles. The fourth-order valence-corrected chi connectivity index (χ4v) is 4.03. The summed E-state index contributed by atoms with van der Waals surface area (Å²) in [6.45, 7) is 11.9. The van der Waals surface area contributed by atoms with Gasteiger partial charge in [0.1, 0.15) is 22.3 Å². The van der Waals surface area contributed by atoms with E-state index in [2.05, 4.69) is 42.4 Å². The minimum Gasteiger partial charge on any atom is -0.428 e. The maximum absolute atomic E-state index is 12.4. The molecule has 0 radical (unpaired) electrons. The first-order valence-corrected chi connectivity index (χ1v) is 11.2. The van der Waals surface area contributed by atoms with Crippen molar-refractivity contribution < 1.29 is 14.3 Å². The molecule has 4 aromatic rings. The Morgan fingerprint density at radius 1 is 1.03 bits per heavy atom. The smallest absolute Gasteiger partial charge is 0.428 e. The van der Waals surface area contributed by atoms with E-state index >= 15 is 0 Å². The third kappa shape index (κ3) is 4.42. The number of hydrogen-bond acceptors (Lipinski definition) is 6. The van der Waals surface area contributed by atoms with E-state index in [1.165, 1.54) is 0 Å². The zero-order valence-electron chi connectivity index (χ0n) is 18.7. The normalized spacial score (nSPS) is 12.5. The van der Waals surface area contributed by atoms with Crippen molar-refractivity contribution in [2.75, 3.05) is 0 Å². The molecule has 0 saturated carbocycles. The van der Waals surface area contributed by atoms with E-state index in [4.69, 9.17) is 9.47 Å². The molecule has 2 aromatic heterocycles. The third-order valence-electron chi connectivity index (χ3n) is 5.38. The largest absolute Gasteiger partial charge is 0.514 e. The number of rotatable bonds is 4.